The number of fused-ring (bicyclic) bond motifs is 2. The van der Waals surface area contributed by atoms with Gasteiger partial charge in [0.05, 0.1) is 0 Å². The molecule has 0 aromatic rings. The molecule has 0 aromatic carbocycles. The molecule has 2 spiro atoms. The summed E-state index contributed by atoms with van der Waals surface area (Å²) < 4.78 is 5.66. The van der Waals surface area contributed by atoms with Crippen molar-refractivity contribution in [2.45, 2.75) is 125 Å². The molecule has 9 atom stereocenters. The van der Waals surface area contributed by atoms with Gasteiger partial charge in [0.2, 0.25) is 0 Å². The first-order valence-electron chi connectivity index (χ1n) is 14.7. The van der Waals surface area contributed by atoms with E-state index >= 15 is 0 Å². The highest BCUT2D eigenvalue weighted by atomic mass is 16.5. The van der Waals surface area contributed by atoms with Crippen molar-refractivity contribution in [3.63, 3.8) is 0 Å². The molecular weight excluding hydrogens is 416 g/mol. The summed E-state index contributed by atoms with van der Waals surface area (Å²) >= 11 is 0. The number of hydrogen-bond acceptors (Lipinski definition) is 2. The van der Waals surface area contributed by atoms with Crippen molar-refractivity contribution in [3.05, 3.63) is 12.2 Å². The number of rotatable bonds is 7. The monoisotopic (exact) mass is 468 g/mol. The van der Waals surface area contributed by atoms with Crippen LogP contribution in [0.5, 0.6) is 0 Å². The van der Waals surface area contributed by atoms with Crippen LogP contribution in [-0.4, -0.2) is 12.6 Å². The van der Waals surface area contributed by atoms with E-state index < -0.39 is 0 Å². The van der Waals surface area contributed by atoms with E-state index in [2.05, 4.69) is 55.0 Å². The van der Waals surface area contributed by atoms with Crippen molar-refractivity contribution in [2.24, 2.45) is 56.7 Å². The summed E-state index contributed by atoms with van der Waals surface area (Å²) in [5.41, 5.74) is 3.65. The minimum atomic E-state index is 0.108. The normalized spacial score (nSPS) is 49.3. The van der Waals surface area contributed by atoms with Gasteiger partial charge in [-0.2, -0.15) is 0 Å². The molecule has 0 aromatic heterocycles. The highest BCUT2D eigenvalue weighted by molar-refractivity contribution is 5.38. The Labute approximate surface area is 210 Å². The fourth-order valence-corrected chi connectivity index (χ4v) is 11.5. The number of hydrogen-bond donors (Lipinski definition) is 0. The van der Waals surface area contributed by atoms with Crippen LogP contribution < -0.4 is 0 Å². The molecule has 5 saturated carbocycles. The highest BCUT2D eigenvalue weighted by Gasteiger charge is 2.82. The third-order valence-corrected chi connectivity index (χ3v) is 13.8. The van der Waals surface area contributed by atoms with Gasteiger partial charge in [-0.05, 0) is 122 Å². The maximum absolute atomic E-state index is 11.2. The number of ether oxygens (including phenoxy) is 1. The number of allylic oxidation sites excluding steroid dienone is 1. The quantitative estimate of drug-likeness (QED) is 0.276. The van der Waals surface area contributed by atoms with Crippen LogP contribution >= 0.6 is 0 Å². The molecule has 192 valence electrons. The first-order valence-corrected chi connectivity index (χ1v) is 14.7. The molecule has 5 rings (SSSR count). The molecule has 5 aliphatic carbocycles. The van der Waals surface area contributed by atoms with E-state index in [0.29, 0.717) is 34.1 Å². The second-order valence-electron chi connectivity index (χ2n) is 15.1. The molecule has 0 N–H and O–H groups in total. The van der Waals surface area contributed by atoms with Crippen LogP contribution in [0.3, 0.4) is 0 Å². The lowest BCUT2D eigenvalue weighted by atomic mass is 9.41. The average molecular weight is 469 g/mol. The van der Waals surface area contributed by atoms with E-state index in [4.69, 9.17) is 4.74 Å². The molecule has 2 nitrogen and oxygen atoms in total. The van der Waals surface area contributed by atoms with Crippen LogP contribution in [0.2, 0.25) is 0 Å². The van der Waals surface area contributed by atoms with Crippen molar-refractivity contribution in [3.8, 4) is 0 Å². The molecule has 2 heteroatoms. The van der Waals surface area contributed by atoms with E-state index in [1.165, 1.54) is 69.8 Å². The molecule has 0 bridgehead atoms. The van der Waals surface area contributed by atoms with Gasteiger partial charge in [0.25, 0.3) is 6.47 Å². The molecule has 0 saturated heterocycles. The molecule has 0 unspecified atom stereocenters. The van der Waals surface area contributed by atoms with E-state index in [9.17, 15) is 4.79 Å². The summed E-state index contributed by atoms with van der Waals surface area (Å²) in [5, 5.41) is 0. The van der Waals surface area contributed by atoms with E-state index in [-0.39, 0.29) is 11.5 Å². The number of carbonyl (C=O) groups excluding carboxylic acids is 1. The Morgan fingerprint density at radius 3 is 2.26 bits per heavy atom. The largest absolute Gasteiger partial charge is 0.464 e. The van der Waals surface area contributed by atoms with Crippen LogP contribution in [0, 0.1) is 56.7 Å². The summed E-state index contributed by atoms with van der Waals surface area (Å²) in [6.07, 6.45) is 15.0. The lowest BCUT2D eigenvalue weighted by Crippen LogP contribution is -2.57. The third kappa shape index (κ3) is 3.01. The zero-order chi connectivity index (χ0) is 24.7. The van der Waals surface area contributed by atoms with Gasteiger partial charge in [0.1, 0.15) is 6.10 Å². The van der Waals surface area contributed by atoms with Gasteiger partial charge in [-0.3, -0.25) is 4.79 Å². The van der Waals surface area contributed by atoms with Crippen molar-refractivity contribution in [1.82, 2.24) is 0 Å². The topological polar surface area (TPSA) is 26.3 Å². The first-order chi connectivity index (χ1) is 15.9. The van der Waals surface area contributed by atoms with Gasteiger partial charge in [0.15, 0.2) is 0 Å². The van der Waals surface area contributed by atoms with E-state index in [1.54, 1.807) is 0 Å². The summed E-state index contributed by atoms with van der Waals surface area (Å²) in [6, 6.07) is 0. The average Bonchev–Trinajstić information content (AvgIpc) is 3.36. The van der Waals surface area contributed by atoms with Crippen LogP contribution in [0.4, 0.5) is 0 Å². The standard InChI is InChI=1S/C32H52O2/c1-21(2)22(3)9-10-23(4)24-13-15-30(8)26-12-11-25-28(5,6)27(34-20-33)14-16-31(25)19-32(26,31)18-17-29(24,30)7/h20-21,23-27H,3,9-19H2,1-2,4-8H3/t23-,24-,25+,26+,27+,29-,30+,31-,32+/m1/s1. The van der Waals surface area contributed by atoms with Gasteiger partial charge in [-0.15, -0.1) is 0 Å². The van der Waals surface area contributed by atoms with Crippen LogP contribution in [0.15, 0.2) is 12.2 Å². The molecule has 34 heavy (non-hydrogen) atoms. The molecule has 0 aliphatic heterocycles. The first kappa shape index (κ1) is 24.9. The Balaban J connectivity index is 1.38. The molecule has 0 heterocycles. The summed E-state index contributed by atoms with van der Waals surface area (Å²) in [7, 11) is 0. The Hall–Kier alpha value is -0.790. The second-order valence-corrected chi connectivity index (χ2v) is 15.1. The molecule has 0 amide bonds. The van der Waals surface area contributed by atoms with Crippen LogP contribution in [0.25, 0.3) is 0 Å². The zero-order valence-electron chi connectivity index (χ0n) is 23.3. The Bertz CT molecular complexity index is 842. The summed E-state index contributed by atoms with van der Waals surface area (Å²) in [6.45, 7) is 22.5. The van der Waals surface area contributed by atoms with Crippen molar-refractivity contribution in [2.75, 3.05) is 0 Å². The minimum Gasteiger partial charge on any atom is -0.464 e. The van der Waals surface area contributed by atoms with E-state index in [0.717, 1.165) is 30.1 Å². The summed E-state index contributed by atoms with van der Waals surface area (Å²) in [5.74, 6) is 3.91. The number of carbonyl (C=O) groups is 1. The van der Waals surface area contributed by atoms with E-state index in [1.807, 2.05) is 0 Å². The Morgan fingerprint density at radius 1 is 0.912 bits per heavy atom. The lowest BCUT2D eigenvalue weighted by Gasteiger charge is -2.63. The zero-order valence-corrected chi connectivity index (χ0v) is 23.3. The highest BCUT2D eigenvalue weighted by Crippen LogP contribution is 2.89. The lowest BCUT2D eigenvalue weighted by molar-refractivity contribution is -0.174. The van der Waals surface area contributed by atoms with Gasteiger partial charge in [0, 0.05) is 5.41 Å². The predicted molar refractivity (Wildman–Crippen MR) is 140 cm³/mol. The van der Waals surface area contributed by atoms with Crippen molar-refractivity contribution < 1.29 is 9.53 Å². The van der Waals surface area contributed by atoms with Gasteiger partial charge in [-0.25, -0.2) is 0 Å². The third-order valence-electron chi connectivity index (χ3n) is 13.8. The Morgan fingerprint density at radius 2 is 1.59 bits per heavy atom. The maximum atomic E-state index is 11.2. The Kier molecular flexibility index (Phi) is 5.75. The smallest absolute Gasteiger partial charge is 0.293 e. The molecular formula is C32H52O2. The molecule has 5 aliphatic rings. The van der Waals surface area contributed by atoms with Gasteiger partial charge in [-0.1, -0.05) is 60.6 Å². The molecule has 0 radical (unpaired) electrons. The van der Waals surface area contributed by atoms with Crippen molar-refractivity contribution >= 4 is 6.47 Å². The maximum Gasteiger partial charge on any atom is 0.293 e. The summed E-state index contributed by atoms with van der Waals surface area (Å²) in [4.78, 5) is 11.2. The van der Waals surface area contributed by atoms with Gasteiger partial charge < -0.3 is 4.74 Å². The fraction of sp³-hybridized carbons (Fsp3) is 0.906. The fourth-order valence-electron chi connectivity index (χ4n) is 11.5. The van der Waals surface area contributed by atoms with Crippen molar-refractivity contribution in [1.29, 1.82) is 0 Å². The van der Waals surface area contributed by atoms with Crippen LogP contribution in [0.1, 0.15) is 119 Å². The molecule has 5 fully saturated rings. The van der Waals surface area contributed by atoms with Crippen LogP contribution in [-0.2, 0) is 9.53 Å². The second kappa shape index (κ2) is 7.85. The SMILES string of the molecule is C=C(CC[C@@H](C)[C@H]1CC[C@@]2(C)[C@@H]3CC[C@H]4C(C)(C)[C@@H](OC=O)CC[C@@]45C[C@@]35CC[C@]12C)C(C)C. The van der Waals surface area contributed by atoms with Gasteiger partial charge >= 0.3 is 0 Å². The predicted octanol–water partition coefficient (Wildman–Crippen LogP) is 8.60. The minimum absolute atomic E-state index is 0.108.